The number of hydrogen-bond donors (Lipinski definition) is 0. The summed E-state index contributed by atoms with van der Waals surface area (Å²) >= 11 is 2.36. The summed E-state index contributed by atoms with van der Waals surface area (Å²) in [5, 5.41) is 2.63. The van der Waals surface area contributed by atoms with E-state index in [2.05, 4.69) is 117 Å². The van der Waals surface area contributed by atoms with Crippen molar-refractivity contribution in [2.45, 2.75) is 78.4 Å². The molecule has 0 saturated heterocycles. The molecule has 32 heavy (non-hydrogen) atoms. The average molecular weight is 565 g/mol. The highest BCUT2D eigenvalue weighted by Gasteiger charge is 2.42. The van der Waals surface area contributed by atoms with Gasteiger partial charge in [0.25, 0.3) is 0 Å². The number of ether oxygens (including phenoxy) is 1. The molecule has 0 N–H and O–H groups in total. The number of imidazole rings is 1. The Hall–Kier alpha value is -1.22. The topological polar surface area (TPSA) is 36.3 Å². The molecule has 0 saturated carbocycles. The molecule has 1 heterocycles. The molecule has 3 rings (SSSR count). The third-order valence-corrected chi connectivity index (χ3v) is 11.8. The van der Waals surface area contributed by atoms with Gasteiger partial charge in [0.1, 0.15) is 16.1 Å². The first-order valence-corrected chi connectivity index (χ1v) is 15.4. The molecule has 6 heteroatoms. The van der Waals surface area contributed by atoms with E-state index in [4.69, 9.17) is 14.1 Å². The predicted molar refractivity (Wildman–Crippen MR) is 146 cm³/mol. The first kappa shape index (κ1) is 25.4. The van der Waals surface area contributed by atoms with Gasteiger partial charge in [-0.2, -0.15) is 0 Å². The zero-order valence-electron chi connectivity index (χ0n) is 20.8. The maximum atomic E-state index is 6.87. The van der Waals surface area contributed by atoms with Crippen LogP contribution in [0.25, 0.3) is 22.0 Å². The van der Waals surface area contributed by atoms with Crippen LogP contribution < -0.4 is 0 Å². The van der Waals surface area contributed by atoms with Crippen molar-refractivity contribution in [2.24, 2.45) is 0 Å². The number of halogens is 1. The van der Waals surface area contributed by atoms with Crippen molar-refractivity contribution in [3.05, 3.63) is 52.0 Å². The molecule has 0 aliphatic carbocycles. The Labute approximate surface area is 208 Å². The fourth-order valence-electron chi connectivity index (χ4n) is 3.81. The number of hydrogen-bond acceptors (Lipinski definition) is 3. The van der Waals surface area contributed by atoms with Gasteiger partial charge < -0.3 is 13.7 Å². The molecule has 174 valence electrons. The largest absolute Gasteiger partial charge is 0.410 e. The number of benzene rings is 2. The molecule has 0 unspecified atom stereocenters. The molecule has 0 bridgehead atoms. The minimum atomic E-state index is -1.93. The van der Waals surface area contributed by atoms with Gasteiger partial charge in [-0.1, -0.05) is 57.2 Å². The highest BCUT2D eigenvalue weighted by molar-refractivity contribution is 14.1. The third kappa shape index (κ3) is 5.63. The van der Waals surface area contributed by atoms with Gasteiger partial charge in [0.2, 0.25) is 0 Å². The number of nitrogens with zero attached hydrogens (tertiary/aromatic N) is 2. The lowest BCUT2D eigenvalue weighted by atomic mass is 10.0. The normalized spacial score (nSPS) is 13.2. The van der Waals surface area contributed by atoms with Gasteiger partial charge in [0, 0.05) is 12.2 Å². The smallest absolute Gasteiger partial charge is 0.192 e. The Morgan fingerprint density at radius 3 is 2.28 bits per heavy atom. The highest BCUT2D eigenvalue weighted by Crippen LogP contribution is 2.40. The number of aromatic nitrogens is 2. The molecule has 0 fully saturated rings. The molecule has 2 aromatic carbocycles. The van der Waals surface area contributed by atoms with Crippen LogP contribution in [-0.2, 0) is 22.3 Å². The zero-order valence-corrected chi connectivity index (χ0v) is 23.9. The summed E-state index contributed by atoms with van der Waals surface area (Å²) in [7, 11) is -1.93. The second-order valence-corrected chi connectivity index (χ2v) is 16.3. The molecule has 4 nitrogen and oxygen atoms in total. The lowest BCUT2D eigenvalue weighted by Crippen LogP contribution is -2.49. The van der Waals surface area contributed by atoms with E-state index < -0.39 is 8.32 Å². The average Bonchev–Trinajstić information content (AvgIpc) is 2.98. The molecule has 0 radical (unpaired) electrons. The first-order valence-electron chi connectivity index (χ1n) is 11.4. The minimum absolute atomic E-state index is 0.156. The van der Waals surface area contributed by atoms with Gasteiger partial charge >= 0.3 is 0 Å². The van der Waals surface area contributed by atoms with E-state index in [1.807, 2.05) is 6.92 Å². The van der Waals surface area contributed by atoms with Gasteiger partial charge in [0.05, 0.1) is 17.8 Å². The van der Waals surface area contributed by atoms with Crippen molar-refractivity contribution in [1.29, 1.82) is 0 Å². The third-order valence-electron chi connectivity index (χ3n) is 6.34. The van der Waals surface area contributed by atoms with Crippen LogP contribution in [0.4, 0.5) is 0 Å². The Bertz CT molecular complexity index is 1080. The van der Waals surface area contributed by atoms with E-state index in [0.717, 1.165) is 21.8 Å². The molecule has 0 aliphatic heterocycles. The lowest BCUT2D eigenvalue weighted by molar-refractivity contribution is 0.0681. The van der Waals surface area contributed by atoms with Crippen molar-refractivity contribution >= 4 is 41.7 Å². The van der Waals surface area contributed by atoms with E-state index in [1.165, 1.54) is 16.3 Å². The van der Waals surface area contributed by atoms with Gasteiger partial charge in [-0.25, -0.2) is 4.98 Å². The summed E-state index contributed by atoms with van der Waals surface area (Å²) in [6.07, 6.45) is 0. The Morgan fingerprint density at radius 1 is 1.00 bits per heavy atom. The molecule has 0 atom stereocenters. The monoisotopic (exact) mass is 564 g/mol. The second-order valence-electron chi connectivity index (χ2n) is 10.6. The standard InChI is InChI=1S/C26H37IN2O2Si/c1-9-30-17-22-28-24(27)23(21-15-14-19-12-10-11-13-20(19)16-21)29(22)18-26(5,6)31-32(7,8)25(2,3)4/h10-16H,9,17-18H2,1-8H3. The van der Waals surface area contributed by atoms with E-state index in [-0.39, 0.29) is 10.6 Å². The Kier molecular flexibility index (Phi) is 7.59. The molecular weight excluding hydrogens is 527 g/mol. The summed E-state index contributed by atoms with van der Waals surface area (Å²) in [5.74, 6) is 0.950. The lowest BCUT2D eigenvalue weighted by Gasteiger charge is -2.43. The van der Waals surface area contributed by atoms with Gasteiger partial charge in [-0.05, 0) is 78.3 Å². The van der Waals surface area contributed by atoms with Gasteiger partial charge in [0.15, 0.2) is 8.32 Å². The first-order chi connectivity index (χ1) is 14.8. The van der Waals surface area contributed by atoms with Crippen molar-refractivity contribution < 1.29 is 9.16 Å². The molecule has 0 spiro atoms. The van der Waals surface area contributed by atoms with Gasteiger partial charge in [-0.3, -0.25) is 0 Å². The predicted octanol–water partition coefficient (Wildman–Crippen LogP) is 7.64. The van der Waals surface area contributed by atoms with E-state index in [9.17, 15) is 0 Å². The van der Waals surface area contributed by atoms with Crippen molar-refractivity contribution in [3.8, 4) is 11.3 Å². The summed E-state index contributed by atoms with van der Waals surface area (Å²) in [4.78, 5) is 4.91. The van der Waals surface area contributed by atoms with E-state index in [0.29, 0.717) is 13.2 Å². The Morgan fingerprint density at radius 2 is 1.66 bits per heavy atom. The number of rotatable bonds is 8. The van der Waals surface area contributed by atoms with E-state index in [1.54, 1.807) is 0 Å². The zero-order chi connectivity index (χ0) is 23.7. The minimum Gasteiger partial charge on any atom is -0.410 e. The maximum Gasteiger partial charge on any atom is 0.192 e. The highest BCUT2D eigenvalue weighted by atomic mass is 127. The molecule has 1 aromatic heterocycles. The van der Waals surface area contributed by atoms with Gasteiger partial charge in [-0.15, -0.1) is 0 Å². The SMILES string of the molecule is CCOCc1nc(I)c(-c2ccc3ccccc3c2)n1CC(C)(C)O[Si](C)(C)C(C)(C)C. The molecular formula is C26H37IN2O2Si. The molecule has 0 aliphatic rings. The van der Waals surface area contributed by atoms with Crippen molar-refractivity contribution in [3.63, 3.8) is 0 Å². The van der Waals surface area contributed by atoms with Crippen LogP contribution in [0, 0.1) is 3.70 Å². The van der Waals surface area contributed by atoms with E-state index >= 15 is 0 Å². The fourth-order valence-corrected chi connectivity index (χ4v) is 6.44. The van der Waals surface area contributed by atoms with Crippen LogP contribution in [0.2, 0.25) is 18.1 Å². The van der Waals surface area contributed by atoms with Crippen molar-refractivity contribution in [1.82, 2.24) is 9.55 Å². The molecule has 0 amide bonds. The van der Waals surface area contributed by atoms with Crippen molar-refractivity contribution in [2.75, 3.05) is 6.61 Å². The summed E-state index contributed by atoms with van der Waals surface area (Å²) in [5.41, 5.74) is 1.98. The second kappa shape index (κ2) is 9.56. The summed E-state index contributed by atoms with van der Waals surface area (Å²) in [6.45, 7) is 19.8. The van der Waals surface area contributed by atoms with Crippen LogP contribution in [0.3, 0.4) is 0 Å². The van der Waals surface area contributed by atoms with Crippen LogP contribution in [-0.4, -0.2) is 30.1 Å². The van der Waals surface area contributed by atoms with Crippen LogP contribution in [0.1, 0.15) is 47.4 Å². The Balaban J connectivity index is 2.06. The number of fused-ring (bicyclic) bond motifs is 1. The van der Waals surface area contributed by atoms with Crippen LogP contribution >= 0.6 is 22.6 Å². The quantitative estimate of drug-likeness (QED) is 0.208. The summed E-state index contributed by atoms with van der Waals surface area (Å²) < 4.78 is 16.0. The molecule has 3 aromatic rings. The maximum absolute atomic E-state index is 6.87. The van der Waals surface area contributed by atoms with Crippen LogP contribution in [0.5, 0.6) is 0 Å². The van der Waals surface area contributed by atoms with Crippen LogP contribution in [0.15, 0.2) is 42.5 Å². The summed E-state index contributed by atoms with van der Waals surface area (Å²) in [6, 6.07) is 15.1. The fraction of sp³-hybridized carbons (Fsp3) is 0.500.